The topological polar surface area (TPSA) is 131 Å². The lowest BCUT2D eigenvalue weighted by molar-refractivity contribution is 0.102. The number of nitrogens with one attached hydrogen (secondary N) is 1. The van der Waals surface area contributed by atoms with Crippen molar-refractivity contribution in [1.29, 1.82) is 0 Å². The van der Waals surface area contributed by atoms with E-state index in [1.807, 2.05) is 0 Å². The van der Waals surface area contributed by atoms with E-state index in [1.165, 1.54) is 13.2 Å². The zero-order valence-electron chi connectivity index (χ0n) is 10.5. The van der Waals surface area contributed by atoms with Crippen LogP contribution in [0.4, 0.5) is 11.6 Å². The number of nitrogens with two attached hydrogens (primary N) is 1. The fourth-order valence-corrected chi connectivity index (χ4v) is 1.52. The van der Waals surface area contributed by atoms with Crippen molar-refractivity contribution < 1.29 is 19.7 Å². The van der Waals surface area contributed by atoms with Crippen molar-refractivity contribution in [2.45, 2.75) is 0 Å². The molecule has 1 aromatic carbocycles. The second-order valence-electron chi connectivity index (χ2n) is 3.79. The zero-order valence-corrected chi connectivity index (χ0v) is 10.5. The molecule has 2 rings (SSSR count). The number of anilines is 2. The van der Waals surface area contributed by atoms with E-state index in [0.717, 1.165) is 0 Å². The Labute approximate surface area is 113 Å². The second-order valence-corrected chi connectivity index (χ2v) is 3.79. The molecule has 0 aliphatic carbocycles. The molecule has 5 N–H and O–H groups in total. The standard InChI is InChI=1S/C12H12N4O4/c1-20-7-4-2-3-6(5-7)9(17)14-8-10(18)15-12(13)16-11(8)19/h2-5H,1H3,(H,14,17)(H4,13,15,16,18,19). The van der Waals surface area contributed by atoms with E-state index in [9.17, 15) is 15.0 Å². The van der Waals surface area contributed by atoms with Crippen molar-refractivity contribution in [2.24, 2.45) is 0 Å². The van der Waals surface area contributed by atoms with E-state index < -0.39 is 17.7 Å². The molecule has 1 amide bonds. The Morgan fingerprint density at radius 3 is 2.55 bits per heavy atom. The highest BCUT2D eigenvalue weighted by Crippen LogP contribution is 2.30. The van der Waals surface area contributed by atoms with Crippen molar-refractivity contribution in [3.05, 3.63) is 29.8 Å². The molecule has 0 spiro atoms. The van der Waals surface area contributed by atoms with Crippen LogP contribution in [0.25, 0.3) is 0 Å². The van der Waals surface area contributed by atoms with E-state index in [0.29, 0.717) is 5.75 Å². The van der Waals surface area contributed by atoms with E-state index >= 15 is 0 Å². The summed E-state index contributed by atoms with van der Waals surface area (Å²) in [4.78, 5) is 18.9. The minimum absolute atomic E-state index is 0.278. The van der Waals surface area contributed by atoms with Crippen LogP contribution in [-0.4, -0.2) is 33.2 Å². The summed E-state index contributed by atoms with van der Waals surface area (Å²) in [5.74, 6) is -1.61. The van der Waals surface area contributed by atoms with Gasteiger partial charge >= 0.3 is 0 Å². The number of carbonyl (C=O) groups excluding carboxylic acids is 1. The molecular weight excluding hydrogens is 264 g/mol. The van der Waals surface area contributed by atoms with Crippen LogP contribution >= 0.6 is 0 Å². The minimum Gasteiger partial charge on any atom is -0.497 e. The number of methoxy groups -OCH3 is 1. The Balaban J connectivity index is 2.28. The minimum atomic E-state index is -0.619. The lowest BCUT2D eigenvalue weighted by Crippen LogP contribution is -2.13. The highest BCUT2D eigenvalue weighted by atomic mass is 16.5. The van der Waals surface area contributed by atoms with E-state index in [-0.39, 0.29) is 17.2 Å². The van der Waals surface area contributed by atoms with Crippen LogP contribution in [0.15, 0.2) is 24.3 Å². The summed E-state index contributed by atoms with van der Waals surface area (Å²) < 4.78 is 5.00. The number of ether oxygens (including phenoxy) is 1. The summed E-state index contributed by atoms with van der Waals surface area (Å²) in [6.45, 7) is 0. The number of benzene rings is 1. The van der Waals surface area contributed by atoms with Gasteiger partial charge in [0.25, 0.3) is 5.91 Å². The fraction of sp³-hybridized carbons (Fsp3) is 0.0833. The molecule has 8 nitrogen and oxygen atoms in total. The Morgan fingerprint density at radius 1 is 1.30 bits per heavy atom. The first kappa shape index (κ1) is 13.4. The summed E-state index contributed by atoms with van der Waals surface area (Å²) >= 11 is 0. The van der Waals surface area contributed by atoms with Crippen LogP contribution in [-0.2, 0) is 0 Å². The van der Waals surface area contributed by atoms with Crippen LogP contribution in [0.2, 0.25) is 0 Å². The Bertz CT molecular complexity index is 637. The molecule has 0 atom stereocenters. The lowest BCUT2D eigenvalue weighted by atomic mass is 10.2. The van der Waals surface area contributed by atoms with Crippen molar-refractivity contribution in [3.8, 4) is 17.5 Å². The fourth-order valence-electron chi connectivity index (χ4n) is 1.52. The number of amides is 1. The third-order valence-corrected chi connectivity index (χ3v) is 2.46. The van der Waals surface area contributed by atoms with Gasteiger partial charge in [-0.1, -0.05) is 6.07 Å². The molecule has 0 aliphatic rings. The average molecular weight is 276 g/mol. The number of hydrogen-bond acceptors (Lipinski definition) is 7. The first-order valence-electron chi connectivity index (χ1n) is 5.52. The van der Waals surface area contributed by atoms with Gasteiger partial charge in [-0.15, -0.1) is 0 Å². The molecule has 1 heterocycles. The summed E-state index contributed by atoms with van der Waals surface area (Å²) in [6, 6.07) is 6.36. The third-order valence-electron chi connectivity index (χ3n) is 2.46. The van der Waals surface area contributed by atoms with Crippen LogP contribution in [0.5, 0.6) is 17.5 Å². The van der Waals surface area contributed by atoms with Crippen molar-refractivity contribution in [2.75, 3.05) is 18.2 Å². The number of rotatable bonds is 3. The first-order chi connectivity index (χ1) is 9.51. The normalized spacial score (nSPS) is 10.1. The van der Waals surface area contributed by atoms with Crippen molar-refractivity contribution in [1.82, 2.24) is 9.97 Å². The average Bonchev–Trinajstić information content (AvgIpc) is 2.42. The number of carbonyl (C=O) groups is 1. The molecule has 0 radical (unpaired) electrons. The van der Waals surface area contributed by atoms with E-state index in [1.54, 1.807) is 18.2 Å². The van der Waals surface area contributed by atoms with Gasteiger partial charge < -0.3 is 26.0 Å². The van der Waals surface area contributed by atoms with Crippen LogP contribution in [0.3, 0.4) is 0 Å². The van der Waals surface area contributed by atoms with Gasteiger partial charge in [0, 0.05) is 5.56 Å². The van der Waals surface area contributed by atoms with E-state index in [4.69, 9.17) is 10.5 Å². The largest absolute Gasteiger partial charge is 0.497 e. The molecule has 0 aliphatic heterocycles. The van der Waals surface area contributed by atoms with Crippen LogP contribution in [0.1, 0.15) is 10.4 Å². The quantitative estimate of drug-likeness (QED) is 0.650. The van der Waals surface area contributed by atoms with Gasteiger partial charge in [0.05, 0.1) is 7.11 Å². The molecule has 0 unspecified atom stereocenters. The number of aromatic hydroxyl groups is 2. The Kier molecular flexibility index (Phi) is 3.56. The van der Waals surface area contributed by atoms with Gasteiger partial charge in [0.1, 0.15) is 5.75 Å². The molecule has 20 heavy (non-hydrogen) atoms. The van der Waals surface area contributed by atoms with Gasteiger partial charge in [0.15, 0.2) is 5.69 Å². The molecule has 0 saturated carbocycles. The molecule has 0 fully saturated rings. The molecule has 1 aromatic heterocycles. The predicted octanol–water partition coefficient (Wildman–Crippen LogP) is 0.731. The summed E-state index contributed by atoms with van der Waals surface area (Å²) in [6.07, 6.45) is 0. The van der Waals surface area contributed by atoms with Gasteiger partial charge in [-0.2, -0.15) is 9.97 Å². The SMILES string of the molecule is COc1cccc(C(=O)Nc2c(O)nc(N)nc2O)c1. The predicted molar refractivity (Wildman–Crippen MR) is 70.7 cm³/mol. The maximum atomic E-state index is 12.0. The van der Waals surface area contributed by atoms with Gasteiger partial charge in [-0.05, 0) is 18.2 Å². The molecule has 0 bridgehead atoms. The molecular formula is C12H12N4O4. The molecule has 8 heteroatoms. The second kappa shape index (κ2) is 5.31. The van der Waals surface area contributed by atoms with Crippen LogP contribution in [0, 0.1) is 0 Å². The monoisotopic (exact) mass is 276 g/mol. The van der Waals surface area contributed by atoms with Crippen molar-refractivity contribution >= 4 is 17.5 Å². The number of nitrogens with zero attached hydrogens (tertiary/aromatic N) is 2. The molecule has 104 valence electrons. The third kappa shape index (κ3) is 2.69. The number of aromatic nitrogens is 2. The summed E-state index contributed by atoms with van der Waals surface area (Å²) in [7, 11) is 1.47. The highest BCUT2D eigenvalue weighted by Gasteiger charge is 2.16. The highest BCUT2D eigenvalue weighted by molar-refractivity contribution is 6.05. The zero-order chi connectivity index (χ0) is 14.7. The number of nitrogen functional groups attached to an aromatic ring is 1. The Hall–Kier alpha value is -3.03. The van der Waals surface area contributed by atoms with Gasteiger partial charge in [0.2, 0.25) is 17.7 Å². The summed E-state index contributed by atoms with van der Waals surface area (Å²) in [5.41, 5.74) is 5.20. The maximum Gasteiger partial charge on any atom is 0.256 e. The first-order valence-corrected chi connectivity index (χ1v) is 5.52. The summed E-state index contributed by atoms with van der Waals surface area (Å²) in [5, 5.41) is 21.4. The molecule has 0 saturated heterocycles. The van der Waals surface area contributed by atoms with Crippen molar-refractivity contribution in [3.63, 3.8) is 0 Å². The number of hydrogen-bond donors (Lipinski definition) is 4. The van der Waals surface area contributed by atoms with Gasteiger partial charge in [-0.25, -0.2) is 0 Å². The van der Waals surface area contributed by atoms with Crippen LogP contribution < -0.4 is 15.8 Å². The van der Waals surface area contributed by atoms with E-state index in [2.05, 4.69) is 15.3 Å². The smallest absolute Gasteiger partial charge is 0.256 e. The maximum absolute atomic E-state index is 12.0. The lowest BCUT2D eigenvalue weighted by Gasteiger charge is -2.09. The Morgan fingerprint density at radius 2 is 1.95 bits per heavy atom. The van der Waals surface area contributed by atoms with Gasteiger partial charge in [-0.3, -0.25) is 4.79 Å². The molecule has 2 aromatic rings.